The Morgan fingerprint density at radius 3 is 2.36 bits per heavy atom. The van der Waals surface area contributed by atoms with E-state index in [1.165, 1.54) is 11.8 Å². The minimum Gasteiger partial charge on any atom is -0.497 e. The number of methoxy groups -OCH3 is 2. The van der Waals surface area contributed by atoms with Crippen molar-refractivity contribution in [2.75, 3.05) is 25.3 Å². The molecule has 1 amide bonds. The average molecular weight is 321 g/mol. The standard InChI is InChI=1S/C15H19N3O3S/c1-9-15(10(2)18-17-9)22-8-14(19)16-11-5-12(20-3)7-13(6-11)21-4/h5-7H,8H2,1-4H3,(H,16,19)(H,17,18). The van der Waals surface area contributed by atoms with Gasteiger partial charge in [-0.05, 0) is 13.8 Å². The van der Waals surface area contributed by atoms with Gasteiger partial charge in [-0.25, -0.2) is 0 Å². The van der Waals surface area contributed by atoms with Crippen LogP contribution in [0.4, 0.5) is 5.69 Å². The molecule has 1 aromatic carbocycles. The SMILES string of the molecule is COc1cc(NC(=O)CSc2c(C)n[nH]c2C)cc(OC)c1. The van der Waals surface area contributed by atoms with Gasteiger partial charge in [-0.3, -0.25) is 9.89 Å². The Hall–Kier alpha value is -2.15. The Bertz CT molecular complexity index is 628. The van der Waals surface area contributed by atoms with Gasteiger partial charge in [0.05, 0.1) is 30.6 Å². The lowest BCUT2D eigenvalue weighted by Crippen LogP contribution is -2.14. The zero-order valence-corrected chi connectivity index (χ0v) is 13.8. The molecule has 1 heterocycles. The van der Waals surface area contributed by atoms with Gasteiger partial charge in [0.2, 0.25) is 5.91 Å². The first-order chi connectivity index (χ1) is 10.5. The van der Waals surface area contributed by atoms with Crippen molar-refractivity contribution < 1.29 is 14.3 Å². The second-order valence-electron chi connectivity index (χ2n) is 4.70. The van der Waals surface area contributed by atoms with Gasteiger partial charge in [-0.15, -0.1) is 11.8 Å². The van der Waals surface area contributed by atoms with E-state index in [4.69, 9.17) is 9.47 Å². The molecule has 6 nitrogen and oxygen atoms in total. The summed E-state index contributed by atoms with van der Waals surface area (Å²) in [5, 5.41) is 9.86. The highest BCUT2D eigenvalue weighted by Crippen LogP contribution is 2.27. The molecule has 0 fully saturated rings. The monoisotopic (exact) mass is 321 g/mol. The fraction of sp³-hybridized carbons (Fsp3) is 0.333. The fourth-order valence-corrected chi connectivity index (χ4v) is 2.83. The number of nitrogens with zero attached hydrogens (tertiary/aromatic N) is 1. The molecule has 0 aliphatic rings. The number of hydrogen-bond acceptors (Lipinski definition) is 5. The molecule has 2 rings (SSSR count). The number of thioether (sulfide) groups is 1. The van der Waals surface area contributed by atoms with Gasteiger partial charge in [-0.2, -0.15) is 5.10 Å². The van der Waals surface area contributed by atoms with E-state index in [9.17, 15) is 4.79 Å². The van der Waals surface area contributed by atoms with Crippen molar-refractivity contribution in [2.45, 2.75) is 18.7 Å². The van der Waals surface area contributed by atoms with Crippen LogP contribution in [0.3, 0.4) is 0 Å². The summed E-state index contributed by atoms with van der Waals surface area (Å²) in [6.45, 7) is 3.85. The number of aromatic nitrogens is 2. The normalized spacial score (nSPS) is 10.4. The van der Waals surface area contributed by atoms with E-state index in [0.29, 0.717) is 22.9 Å². The molecule has 2 aromatic rings. The molecule has 0 saturated carbocycles. The van der Waals surface area contributed by atoms with Gasteiger partial charge >= 0.3 is 0 Å². The van der Waals surface area contributed by atoms with Crippen LogP contribution in [-0.2, 0) is 4.79 Å². The zero-order valence-electron chi connectivity index (χ0n) is 13.0. The van der Waals surface area contributed by atoms with Gasteiger partial charge in [0.25, 0.3) is 0 Å². The molecule has 118 valence electrons. The van der Waals surface area contributed by atoms with Gasteiger partial charge < -0.3 is 14.8 Å². The number of benzene rings is 1. The Balaban J connectivity index is 2.00. The molecule has 0 bridgehead atoms. The van der Waals surface area contributed by atoms with Crippen LogP contribution < -0.4 is 14.8 Å². The van der Waals surface area contributed by atoms with E-state index < -0.39 is 0 Å². The summed E-state index contributed by atoms with van der Waals surface area (Å²) in [7, 11) is 3.14. The van der Waals surface area contributed by atoms with Crippen LogP contribution in [0.2, 0.25) is 0 Å². The molecule has 0 spiro atoms. The topological polar surface area (TPSA) is 76.2 Å². The summed E-state index contributed by atoms with van der Waals surface area (Å²) >= 11 is 1.46. The van der Waals surface area contributed by atoms with E-state index in [-0.39, 0.29) is 5.91 Å². The first-order valence-corrected chi connectivity index (χ1v) is 7.69. The third kappa shape index (κ3) is 3.94. The third-order valence-electron chi connectivity index (χ3n) is 3.04. The molecule has 2 N–H and O–H groups in total. The highest BCUT2D eigenvalue weighted by atomic mass is 32.2. The van der Waals surface area contributed by atoms with Crippen LogP contribution in [0.1, 0.15) is 11.4 Å². The van der Waals surface area contributed by atoms with Crippen LogP contribution in [0.5, 0.6) is 11.5 Å². The molecule has 0 atom stereocenters. The summed E-state index contributed by atoms with van der Waals surface area (Å²) in [5.41, 5.74) is 2.51. The first kappa shape index (κ1) is 16.2. The Morgan fingerprint density at radius 1 is 1.23 bits per heavy atom. The predicted molar refractivity (Wildman–Crippen MR) is 87.0 cm³/mol. The second kappa shape index (κ2) is 7.22. The van der Waals surface area contributed by atoms with Crippen LogP contribution in [0.15, 0.2) is 23.1 Å². The summed E-state index contributed by atoms with van der Waals surface area (Å²) in [6, 6.07) is 5.25. The summed E-state index contributed by atoms with van der Waals surface area (Å²) in [4.78, 5) is 13.1. The number of carbonyl (C=O) groups is 1. The minimum absolute atomic E-state index is 0.0969. The van der Waals surface area contributed by atoms with Crippen molar-refractivity contribution in [2.24, 2.45) is 0 Å². The number of rotatable bonds is 6. The second-order valence-corrected chi connectivity index (χ2v) is 5.69. The Morgan fingerprint density at radius 2 is 1.86 bits per heavy atom. The zero-order chi connectivity index (χ0) is 16.1. The quantitative estimate of drug-likeness (QED) is 0.800. The predicted octanol–water partition coefficient (Wildman–Crippen LogP) is 2.77. The van der Waals surface area contributed by atoms with Crippen LogP contribution >= 0.6 is 11.8 Å². The largest absolute Gasteiger partial charge is 0.497 e. The highest BCUT2D eigenvalue weighted by molar-refractivity contribution is 8.00. The maximum atomic E-state index is 12.1. The van der Waals surface area contributed by atoms with Crippen molar-refractivity contribution >= 4 is 23.4 Å². The molecular formula is C15H19N3O3S. The Labute approximate surface area is 133 Å². The van der Waals surface area contributed by atoms with E-state index in [0.717, 1.165) is 16.3 Å². The molecule has 7 heteroatoms. The molecular weight excluding hydrogens is 302 g/mol. The summed E-state index contributed by atoms with van der Waals surface area (Å²) in [5.74, 6) is 1.47. The number of carbonyl (C=O) groups excluding carboxylic acids is 1. The number of amides is 1. The number of aromatic amines is 1. The smallest absolute Gasteiger partial charge is 0.234 e. The van der Waals surface area contributed by atoms with Crippen LogP contribution in [-0.4, -0.2) is 36.1 Å². The maximum Gasteiger partial charge on any atom is 0.234 e. The molecule has 0 saturated heterocycles. The number of hydrogen-bond donors (Lipinski definition) is 2. The highest BCUT2D eigenvalue weighted by Gasteiger charge is 2.11. The van der Waals surface area contributed by atoms with Crippen LogP contribution in [0, 0.1) is 13.8 Å². The van der Waals surface area contributed by atoms with Crippen molar-refractivity contribution in [3.8, 4) is 11.5 Å². The van der Waals surface area contributed by atoms with Crippen molar-refractivity contribution in [1.82, 2.24) is 10.2 Å². The number of H-pyrrole nitrogens is 1. The van der Waals surface area contributed by atoms with Crippen molar-refractivity contribution in [3.05, 3.63) is 29.6 Å². The molecule has 1 aromatic heterocycles. The van der Waals surface area contributed by atoms with E-state index in [1.54, 1.807) is 32.4 Å². The fourth-order valence-electron chi connectivity index (χ4n) is 1.97. The maximum absolute atomic E-state index is 12.1. The minimum atomic E-state index is -0.0969. The molecule has 0 aliphatic heterocycles. The number of aryl methyl sites for hydroxylation is 2. The molecule has 0 aliphatic carbocycles. The molecule has 22 heavy (non-hydrogen) atoms. The average Bonchev–Trinajstić information content (AvgIpc) is 2.83. The lowest BCUT2D eigenvalue weighted by Gasteiger charge is -2.10. The van der Waals surface area contributed by atoms with E-state index >= 15 is 0 Å². The van der Waals surface area contributed by atoms with Crippen LogP contribution in [0.25, 0.3) is 0 Å². The lowest BCUT2D eigenvalue weighted by molar-refractivity contribution is -0.113. The van der Waals surface area contributed by atoms with Gasteiger partial charge in [0, 0.05) is 29.6 Å². The summed E-state index contributed by atoms with van der Waals surface area (Å²) in [6.07, 6.45) is 0. The molecule has 0 radical (unpaired) electrons. The lowest BCUT2D eigenvalue weighted by atomic mass is 10.2. The first-order valence-electron chi connectivity index (χ1n) is 6.70. The summed E-state index contributed by atoms with van der Waals surface area (Å²) < 4.78 is 10.4. The van der Waals surface area contributed by atoms with Gasteiger partial charge in [0.1, 0.15) is 11.5 Å². The Kier molecular flexibility index (Phi) is 5.32. The van der Waals surface area contributed by atoms with Gasteiger partial charge in [0.15, 0.2) is 0 Å². The van der Waals surface area contributed by atoms with E-state index in [2.05, 4.69) is 15.5 Å². The number of ether oxygens (including phenoxy) is 2. The van der Waals surface area contributed by atoms with Crippen molar-refractivity contribution in [1.29, 1.82) is 0 Å². The molecule has 0 unspecified atom stereocenters. The van der Waals surface area contributed by atoms with Crippen molar-refractivity contribution in [3.63, 3.8) is 0 Å². The third-order valence-corrected chi connectivity index (χ3v) is 4.34. The number of anilines is 1. The number of nitrogens with one attached hydrogen (secondary N) is 2. The van der Waals surface area contributed by atoms with Gasteiger partial charge in [-0.1, -0.05) is 0 Å². The van der Waals surface area contributed by atoms with E-state index in [1.807, 2.05) is 13.8 Å².